The zero-order valence-corrected chi connectivity index (χ0v) is 17.0. The number of halogens is 4. The lowest BCUT2D eigenvalue weighted by molar-refractivity contribution is -0.131. The van der Waals surface area contributed by atoms with Gasteiger partial charge in [-0.05, 0) is 12.1 Å². The lowest BCUT2D eigenvalue weighted by Crippen LogP contribution is -2.49. The molecule has 6 nitrogen and oxygen atoms in total. The van der Waals surface area contributed by atoms with Crippen LogP contribution in [0.1, 0.15) is 12.8 Å². The molecule has 2 N–H and O–H groups in total. The lowest BCUT2D eigenvalue weighted by Gasteiger charge is -2.36. The van der Waals surface area contributed by atoms with Gasteiger partial charge in [-0.2, -0.15) is 0 Å². The Morgan fingerprint density at radius 3 is 2.32 bits per heavy atom. The molecule has 2 saturated heterocycles. The van der Waals surface area contributed by atoms with E-state index in [9.17, 15) is 18.4 Å². The highest BCUT2D eigenvalue weighted by molar-refractivity contribution is 5.85. The number of anilines is 1. The summed E-state index contributed by atoms with van der Waals surface area (Å²) in [5.74, 6) is -3.33. The minimum Gasteiger partial charge on any atom is -0.368 e. The molecule has 0 saturated carbocycles. The van der Waals surface area contributed by atoms with Gasteiger partial charge in [0.2, 0.25) is 11.8 Å². The molecule has 2 aliphatic rings. The Bertz CT molecular complexity index is 644. The fourth-order valence-electron chi connectivity index (χ4n) is 3.33. The van der Waals surface area contributed by atoms with E-state index in [2.05, 4.69) is 15.5 Å². The third-order valence-corrected chi connectivity index (χ3v) is 4.82. The Morgan fingerprint density at radius 1 is 1.11 bits per heavy atom. The molecule has 0 aromatic heterocycles. The summed E-state index contributed by atoms with van der Waals surface area (Å²) in [6.45, 7) is 2.50. The van der Waals surface area contributed by atoms with Gasteiger partial charge in [0.1, 0.15) is 0 Å². The lowest BCUT2D eigenvalue weighted by atomic mass is 10.2. The minimum absolute atomic E-state index is 0. The molecule has 10 heteroatoms. The normalized spacial score (nSPS) is 20.7. The van der Waals surface area contributed by atoms with Crippen LogP contribution in [0, 0.1) is 0 Å². The van der Waals surface area contributed by atoms with Gasteiger partial charge in [0.25, 0.3) is 5.92 Å². The van der Waals surface area contributed by atoms with Gasteiger partial charge >= 0.3 is 0 Å². The van der Waals surface area contributed by atoms with Crippen LogP contribution >= 0.6 is 24.8 Å². The van der Waals surface area contributed by atoms with Crippen molar-refractivity contribution in [1.29, 1.82) is 0 Å². The van der Waals surface area contributed by atoms with Crippen molar-refractivity contribution in [1.82, 2.24) is 15.5 Å². The molecule has 0 spiro atoms. The second kappa shape index (κ2) is 10.8. The SMILES string of the molecule is Cl.Cl.O=C(NCCC(=O)N1CCN(c2ccccc2)CC1)C1CC(F)(F)CN1. The average molecular weight is 439 g/mol. The van der Waals surface area contributed by atoms with Gasteiger partial charge in [0.05, 0.1) is 12.6 Å². The smallest absolute Gasteiger partial charge is 0.262 e. The largest absolute Gasteiger partial charge is 0.368 e. The highest BCUT2D eigenvalue weighted by Gasteiger charge is 2.42. The standard InChI is InChI=1S/C18H24F2N4O2.2ClH/c19-18(20)12-15(22-13-18)17(26)21-7-6-16(25)24-10-8-23(9-11-24)14-4-2-1-3-5-14;;/h1-5,15,22H,6-13H2,(H,21,26);2*1H. The molecule has 0 bridgehead atoms. The number of piperazine rings is 1. The Balaban J connectivity index is 0.00000196. The molecule has 1 aromatic carbocycles. The second-order valence-corrected chi connectivity index (χ2v) is 6.74. The van der Waals surface area contributed by atoms with Gasteiger partial charge in [0.15, 0.2) is 0 Å². The number of hydrogen-bond acceptors (Lipinski definition) is 4. The maximum atomic E-state index is 13.1. The van der Waals surface area contributed by atoms with Crippen LogP contribution < -0.4 is 15.5 Å². The van der Waals surface area contributed by atoms with Crippen molar-refractivity contribution >= 4 is 42.3 Å². The zero-order valence-electron chi connectivity index (χ0n) is 15.4. The molecule has 2 aliphatic heterocycles. The third-order valence-electron chi connectivity index (χ3n) is 4.82. The number of nitrogens with zero attached hydrogens (tertiary/aromatic N) is 2. The third kappa shape index (κ3) is 6.46. The Morgan fingerprint density at radius 2 is 1.75 bits per heavy atom. The van der Waals surface area contributed by atoms with E-state index < -0.39 is 30.8 Å². The van der Waals surface area contributed by atoms with Gasteiger partial charge in [-0.1, -0.05) is 18.2 Å². The van der Waals surface area contributed by atoms with Crippen LogP contribution in [0.2, 0.25) is 0 Å². The van der Waals surface area contributed by atoms with Gasteiger partial charge in [-0.25, -0.2) is 8.78 Å². The van der Waals surface area contributed by atoms with E-state index in [0.717, 1.165) is 18.8 Å². The first-order valence-corrected chi connectivity index (χ1v) is 8.91. The molecule has 1 atom stereocenters. The Kier molecular flexibility index (Phi) is 9.39. The molecule has 2 heterocycles. The second-order valence-electron chi connectivity index (χ2n) is 6.74. The van der Waals surface area contributed by atoms with Crippen molar-refractivity contribution in [2.45, 2.75) is 24.8 Å². The molecule has 0 aliphatic carbocycles. The molecular weight excluding hydrogens is 413 g/mol. The number of carbonyl (C=O) groups excluding carboxylic acids is 2. The van der Waals surface area contributed by atoms with E-state index in [-0.39, 0.29) is 43.7 Å². The van der Waals surface area contributed by atoms with E-state index in [1.54, 1.807) is 4.90 Å². The predicted octanol–water partition coefficient (Wildman–Crippen LogP) is 1.68. The summed E-state index contributed by atoms with van der Waals surface area (Å²) in [6.07, 6.45) is -0.311. The van der Waals surface area contributed by atoms with Gasteiger partial charge in [-0.15, -0.1) is 24.8 Å². The van der Waals surface area contributed by atoms with E-state index in [1.807, 2.05) is 30.3 Å². The van der Waals surface area contributed by atoms with Crippen LogP contribution in [0.3, 0.4) is 0 Å². The fourth-order valence-corrected chi connectivity index (χ4v) is 3.33. The van der Waals surface area contributed by atoms with Crippen LogP contribution in [0.4, 0.5) is 14.5 Å². The first-order chi connectivity index (χ1) is 12.4. The number of amides is 2. The van der Waals surface area contributed by atoms with E-state index in [0.29, 0.717) is 13.1 Å². The molecule has 28 heavy (non-hydrogen) atoms. The number of benzene rings is 1. The summed E-state index contributed by atoms with van der Waals surface area (Å²) in [4.78, 5) is 28.1. The number of hydrogen-bond donors (Lipinski definition) is 2. The number of carbonyl (C=O) groups is 2. The quantitative estimate of drug-likeness (QED) is 0.733. The Labute approximate surface area is 175 Å². The maximum Gasteiger partial charge on any atom is 0.262 e. The van der Waals surface area contributed by atoms with Crippen LogP contribution in [0.15, 0.2) is 30.3 Å². The van der Waals surface area contributed by atoms with Crippen molar-refractivity contribution in [2.75, 3.05) is 44.2 Å². The molecule has 0 radical (unpaired) electrons. The maximum absolute atomic E-state index is 13.1. The zero-order chi connectivity index (χ0) is 18.6. The van der Waals surface area contributed by atoms with E-state index in [4.69, 9.17) is 0 Å². The van der Waals surface area contributed by atoms with Crippen LogP contribution in [-0.4, -0.2) is 67.9 Å². The van der Waals surface area contributed by atoms with Gasteiger partial charge in [-0.3, -0.25) is 14.9 Å². The molecular formula is C18H26Cl2F2N4O2. The number of para-hydroxylation sites is 1. The van der Waals surface area contributed by atoms with Crippen molar-refractivity contribution in [2.24, 2.45) is 0 Å². The van der Waals surface area contributed by atoms with Crippen molar-refractivity contribution in [3.05, 3.63) is 30.3 Å². The van der Waals surface area contributed by atoms with Crippen molar-refractivity contribution in [3.63, 3.8) is 0 Å². The average Bonchev–Trinajstić information content (AvgIpc) is 3.02. The summed E-state index contributed by atoms with van der Waals surface area (Å²) in [5.41, 5.74) is 1.15. The molecule has 3 rings (SSSR count). The summed E-state index contributed by atoms with van der Waals surface area (Å²) in [5, 5.41) is 5.08. The molecule has 1 unspecified atom stereocenters. The molecule has 2 amide bonds. The van der Waals surface area contributed by atoms with Crippen molar-refractivity contribution in [3.8, 4) is 0 Å². The summed E-state index contributed by atoms with van der Waals surface area (Å²) in [6, 6.07) is 9.17. The highest BCUT2D eigenvalue weighted by Crippen LogP contribution is 2.25. The predicted molar refractivity (Wildman–Crippen MR) is 109 cm³/mol. The number of alkyl halides is 2. The molecule has 2 fully saturated rings. The monoisotopic (exact) mass is 438 g/mol. The first kappa shape index (κ1) is 24.4. The summed E-state index contributed by atoms with van der Waals surface area (Å²) < 4.78 is 26.2. The van der Waals surface area contributed by atoms with E-state index >= 15 is 0 Å². The minimum atomic E-state index is -2.84. The fraction of sp³-hybridized carbons (Fsp3) is 0.556. The summed E-state index contributed by atoms with van der Waals surface area (Å²) in [7, 11) is 0. The summed E-state index contributed by atoms with van der Waals surface area (Å²) >= 11 is 0. The number of nitrogens with one attached hydrogen (secondary N) is 2. The Hall–Kier alpha value is -1.64. The van der Waals surface area contributed by atoms with Gasteiger partial charge in [0, 0.05) is 51.3 Å². The van der Waals surface area contributed by atoms with Crippen molar-refractivity contribution < 1.29 is 18.4 Å². The highest BCUT2D eigenvalue weighted by atomic mass is 35.5. The number of rotatable bonds is 5. The molecule has 158 valence electrons. The van der Waals surface area contributed by atoms with Crippen LogP contribution in [-0.2, 0) is 9.59 Å². The van der Waals surface area contributed by atoms with Crippen LogP contribution in [0.5, 0.6) is 0 Å². The van der Waals surface area contributed by atoms with E-state index in [1.165, 1.54) is 0 Å². The van der Waals surface area contributed by atoms with Crippen LogP contribution in [0.25, 0.3) is 0 Å². The van der Waals surface area contributed by atoms with Gasteiger partial charge < -0.3 is 15.1 Å². The topological polar surface area (TPSA) is 64.7 Å². The first-order valence-electron chi connectivity index (χ1n) is 8.91. The molecule has 1 aromatic rings.